The van der Waals surface area contributed by atoms with Gasteiger partial charge in [-0.15, -0.1) is 0 Å². The summed E-state index contributed by atoms with van der Waals surface area (Å²) in [6, 6.07) is 6.72. The minimum Gasteiger partial charge on any atom is -0.361 e. The summed E-state index contributed by atoms with van der Waals surface area (Å²) in [7, 11) is 1.95. The maximum Gasteiger partial charge on any atom is 0.227 e. The number of fused-ring (bicyclic) bond motifs is 1. The maximum atomic E-state index is 12.6. The molecule has 4 nitrogen and oxygen atoms in total. The molecule has 1 aromatic carbocycles. The Balaban J connectivity index is 1.76. The van der Waals surface area contributed by atoms with Gasteiger partial charge in [0.25, 0.3) is 0 Å². The van der Waals surface area contributed by atoms with Crippen molar-refractivity contribution in [3.05, 3.63) is 35.5 Å². The molecule has 1 saturated heterocycles. The summed E-state index contributed by atoms with van der Waals surface area (Å²) in [6.45, 7) is 4.18. The summed E-state index contributed by atoms with van der Waals surface area (Å²) < 4.78 is 0. The van der Waals surface area contributed by atoms with E-state index in [0.29, 0.717) is 12.5 Å². The van der Waals surface area contributed by atoms with Gasteiger partial charge in [-0.25, -0.2) is 0 Å². The third-order valence-corrected chi connectivity index (χ3v) is 4.86. The van der Waals surface area contributed by atoms with E-state index in [9.17, 15) is 4.79 Å². The fourth-order valence-electron chi connectivity index (χ4n) is 3.40. The number of nitrogens with one attached hydrogen (secondary N) is 2. The first-order valence-electron chi connectivity index (χ1n) is 8.25. The number of piperidine rings is 1. The normalized spacial score (nSPS) is 16.1. The second kappa shape index (κ2) is 6.53. The Hall–Kier alpha value is -1.81. The molecule has 0 atom stereocenters. The zero-order valence-corrected chi connectivity index (χ0v) is 13.5. The lowest BCUT2D eigenvalue weighted by molar-refractivity contribution is -0.131. The van der Waals surface area contributed by atoms with Crippen LogP contribution in [-0.4, -0.2) is 42.0 Å². The van der Waals surface area contributed by atoms with E-state index in [1.807, 2.05) is 18.1 Å². The minimum absolute atomic E-state index is 0.217. The predicted molar refractivity (Wildman–Crippen MR) is 90.0 cm³/mol. The van der Waals surface area contributed by atoms with Crippen LogP contribution < -0.4 is 5.32 Å². The average Bonchev–Trinajstić information content (AvgIpc) is 2.98. The Bertz CT molecular complexity index is 655. The van der Waals surface area contributed by atoms with E-state index in [-0.39, 0.29) is 5.91 Å². The molecule has 4 heteroatoms. The molecule has 0 aliphatic carbocycles. The first kappa shape index (κ1) is 15.1. The van der Waals surface area contributed by atoms with Gasteiger partial charge in [0.05, 0.1) is 6.42 Å². The smallest absolute Gasteiger partial charge is 0.227 e. The Labute approximate surface area is 131 Å². The molecule has 1 aromatic heterocycles. The third kappa shape index (κ3) is 2.88. The second-order valence-electron chi connectivity index (χ2n) is 6.17. The molecule has 118 valence electrons. The highest BCUT2D eigenvalue weighted by Gasteiger charge is 2.22. The van der Waals surface area contributed by atoms with Gasteiger partial charge in [0.15, 0.2) is 0 Å². The molecule has 0 radical (unpaired) electrons. The summed E-state index contributed by atoms with van der Waals surface area (Å²) in [5.74, 6) is 0.217. The van der Waals surface area contributed by atoms with Crippen LogP contribution in [0.25, 0.3) is 10.9 Å². The SMILES string of the molecule is CCc1cccc2c(CC(=O)N(C)C3CCNCC3)c[nH]c12. The van der Waals surface area contributed by atoms with Gasteiger partial charge in [0, 0.05) is 30.2 Å². The molecule has 2 heterocycles. The lowest BCUT2D eigenvalue weighted by Crippen LogP contribution is -2.44. The molecule has 2 aromatic rings. The van der Waals surface area contributed by atoms with Gasteiger partial charge in [0.2, 0.25) is 5.91 Å². The largest absolute Gasteiger partial charge is 0.361 e. The molecular weight excluding hydrogens is 274 g/mol. The quantitative estimate of drug-likeness (QED) is 0.911. The van der Waals surface area contributed by atoms with Crippen LogP contribution in [0.3, 0.4) is 0 Å². The van der Waals surface area contributed by atoms with Crippen LogP contribution >= 0.6 is 0 Å². The number of rotatable bonds is 4. The summed E-state index contributed by atoms with van der Waals surface area (Å²) in [5, 5.41) is 4.53. The van der Waals surface area contributed by atoms with Crippen molar-refractivity contribution in [3.63, 3.8) is 0 Å². The topological polar surface area (TPSA) is 48.1 Å². The van der Waals surface area contributed by atoms with Crippen molar-refractivity contribution in [2.24, 2.45) is 0 Å². The van der Waals surface area contributed by atoms with Crippen LogP contribution in [0.2, 0.25) is 0 Å². The van der Waals surface area contributed by atoms with E-state index in [1.165, 1.54) is 16.5 Å². The van der Waals surface area contributed by atoms with Crippen molar-refractivity contribution in [2.75, 3.05) is 20.1 Å². The number of hydrogen-bond donors (Lipinski definition) is 2. The van der Waals surface area contributed by atoms with Crippen LogP contribution in [0.5, 0.6) is 0 Å². The van der Waals surface area contributed by atoms with Crippen molar-refractivity contribution in [2.45, 2.75) is 38.6 Å². The molecule has 0 saturated carbocycles. The highest BCUT2D eigenvalue weighted by Crippen LogP contribution is 2.23. The van der Waals surface area contributed by atoms with Gasteiger partial charge in [-0.1, -0.05) is 25.1 Å². The number of carbonyl (C=O) groups excluding carboxylic acids is 1. The first-order chi connectivity index (χ1) is 10.7. The highest BCUT2D eigenvalue weighted by molar-refractivity contribution is 5.90. The number of aromatic nitrogens is 1. The van der Waals surface area contributed by atoms with Crippen molar-refractivity contribution in [1.29, 1.82) is 0 Å². The fraction of sp³-hybridized carbons (Fsp3) is 0.500. The van der Waals surface area contributed by atoms with Crippen LogP contribution in [0.4, 0.5) is 0 Å². The summed E-state index contributed by atoms with van der Waals surface area (Å²) in [6.07, 6.45) is 5.58. The molecule has 0 bridgehead atoms. The van der Waals surface area contributed by atoms with Gasteiger partial charge in [-0.2, -0.15) is 0 Å². The molecule has 2 N–H and O–H groups in total. The highest BCUT2D eigenvalue weighted by atomic mass is 16.2. The van der Waals surface area contributed by atoms with Gasteiger partial charge in [0.1, 0.15) is 0 Å². The van der Waals surface area contributed by atoms with E-state index < -0.39 is 0 Å². The van der Waals surface area contributed by atoms with Crippen LogP contribution in [0, 0.1) is 0 Å². The van der Waals surface area contributed by atoms with Crippen LogP contribution in [-0.2, 0) is 17.6 Å². The van der Waals surface area contributed by atoms with Gasteiger partial charge in [-0.05, 0) is 43.5 Å². The van der Waals surface area contributed by atoms with E-state index >= 15 is 0 Å². The summed E-state index contributed by atoms with van der Waals surface area (Å²) >= 11 is 0. The Morgan fingerprint density at radius 3 is 2.77 bits per heavy atom. The summed E-state index contributed by atoms with van der Waals surface area (Å²) in [4.78, 5) is 17.9. The van der Waals surface area contributed by atoms with E-state index in [0.717, 1.165) is 37.9 Å². The number of hydrogen-bond acceptors (Lipinski definition) is 2. The van der Waals surface area contributed by atoms with Crippen molar-refractivity contribution >= 4 is 16.8 Å². The molecule has 22 heavy (non-hydrogen) atoms. The van der Waals surface area contributed by atoms with E-state index in [2.05, 4.69) is 35.4 Å². The van der Waals surface area contributed by atoms with Crippen LogP contribution in [0.1, 0.15) is 30.9 Å². The van der Waals surface area contributed by atoms with Crippen molar-refractivity contribution in [3.8, 4) is 0 Å². The standard InChI is InChI=1S/C18H25N3O/c1-3-13-5-4-6-16-14(12-20-18(13)16)11-17(22)21(2)15-7-9-19-10-8-15/h4-6,12,15,19-20H,3,7-11H2,1-2H3. The number of nitrogens with zero attached hydrogens (tertiary/aromatic N) is 1. The number of benzene rings is 1. The number of likely N-dealkylation sites (N-methyl/N-ethyl adjacent to an activating group) is 1. The molecule has 0 spiro atoms. The molecular formula is C18H25N3O. The van der Waals surface area contributed by atoms with E-state index in [4.69, 9.17) is 0 Å². The van der Waals surface area contributed by atoms with Crippen molar-refractivity contribution < 1.29 is 4.79 Å². The van der Waals surface area contributed by atoms with Crippen molar-refractivity contribution in [1.82, 2.24) is 15.2 Å². The summed E-state index contributed by atoms with van der Waals surface area (Å²) in [5.41, 5.74) is 3.59. The van der Waals surface area contributed by atoms with Gasteiger partial charge >= 0.3 is 0 Å². The predicted octanol–water partition coefficient (Wildman–Crippen LogP) is 2.48. The van der Waals surface area contributed by atoms with Crippen LogP contribution in [0.15, 0.2) is 24.4 Å². The fourth-order valence-corrected chi connectivity index (χ4v) is 3.40. The zero-order valence-electron chi connectivity index (χ0n) is 13.5. The minimum atomic E-state index is 0.217. The zero-order chi connectivity index (χ0) is 15.5. The molecule has 1 amide bonds. The number of aryl methyl sites for hydroxylation is 1. The Kier molecular flexibility index (Phi) is 4.48. The van der Waals surface area contributed by atoms with E-state index in [1.54, 1.807) is 0 Å². The Morgan fingerprint density at radius 2 is 2.05 bits per heavy atom. The van der Waals surface area contributed by atoms with Gasteiger partial charge < -0.3 is 15.2 Å². The number of aromatic amines is 1. The molecule has 1 aliphatic rings. The number of carbonyl (C=O) groups is 1. The first-order valence-corrected chi connectivity index (χ1v) is 8.25. The molecule has 0 unspecified atom stereocenters. The average molecular weight is 299 g/mol. The molecule has 3 rings (SSSR count). The Morgan fingerprint density at radius 1 is 1.27 bits per heavy atom. The monoisotopic (exact) mass is 299 g/mol. The maximum absolute atomic E-state index is 12.6. The third-order valence-electron chi connectivity index (χ3n) is 4.86. The van der Waals surface area contributed by atoms with Gasteiger partial charge in [-0.3, -0.25) is 4.79 Å². The lowest BCUT2D eigenvalue weighted by Gasteiger charge is -2.31. The second-order valence-corrected chi connectivity index (χ2v) is 6.17. The number of para-hydroxylation sites is 1. The molecule has 1 aliphatic heterocycles. The molecule has 1 fully saturated rings. The number of amides is 1. The lowest BCUT2D eigenvalue weighted by atomic mass is 10.0. The number of H-pyrrole nitrogens is 1.